The minimum absolute atomic E-state index is 0.125. The van der Waals surface area contributed by atoms with Gasteiger partial charge in [0.15, 0.2) is 5.78 Å². The minimum Gasteiger partial charge on any atom is -0.399 e. The molecule has 0 radical (unpaired) electrons. The summed E-state index contributed by atoms with van der Waals surface area (Å²) in [4.78, 5) is 10.3. The number of hydrogen-bond acceptors (Lipinski definition) is 3. The molecule has 0 aromatic carbocycles. The molecule has 0 bridgehead atoms. The number of ketones is 1. The number of carbonyl (C=O) groups excluding carboxylic acids is 1. The van der Waals surface area contributed by atoms with Crippen LogP contribution in [-0.4, -0.2) is 5.78 Å². The standard InChI is InChI=1S/C7H8N2O/c1-6(10)5-7(9)3-2-4-8/h2-3,5H,9H2,1H3/b3-2+,7-5+. The quantitative estimate of drug-likeness (QED) is 0.341. The molecule has 0 heterocycles. The van der Waals surface area contributed by atoms with Crippen LogP contribution in [0.15, 0.2) is 23.9 Å². The summed E-state index contributed by atoms with van der Waals surface area (Å²) in [7, 11) is 0. The van der Waals surface area contributed by atoms with Crippen LogP contribution in [0.25, 0.3) is 0 Å². The Morgan fingerprint density at radius 3 is 2.70 bits per heavy atom. The average Bonchev–Trinajstić information content (AvgIpc) is 1.82. The van der Waals surface area contributed by atoms with E-state index in [1.54, 1.807) is 6.07 Å². The Labute approximate surface area is 59.4 Å². The molecular formula is C7H8N2O. The predicted molar refractivity (Wildman–Crippen MR) is 37.7 cm³/mol. The number of hydrogen-bond donors (Lipinski definition) is 1. The molecule has 0 atom stereocenters. The van der Waals surface area contributed by atoms with Crippen molar-refractivity contribution in [1.29, 1.82) is 5.26 Å². The maximum atomic E-state index is 10.3. The first-order chi connectivity index (χ1) is 4.66. The molecule has 0 aliphatic heterocycles. The van der Waals surface area contributed by atoms with Gasteiger partial charge >= 0.3 is 0 Å². The second-order valence-electron chi connectivity index (χ2n) is 1.72. The van der Waals surface area contributed by atoms with Crippen LogP contribution in [0, 0.1) is 11.3 Å². The van der Waals surface area contributed by atoms with Crippen molar-refractivity contribution in [3.05, 3.63) is 23.9 Å². The van der Waals surface area contributed by atoms with E-state index in [1.165, 1.54) is 25.2 Å². The van der Waals surface area contributed by atoms with Gasteiger partial charge in [-0.2, -0.15) is 5.26 Å². The summed E-state index contributed by atoms with van der Waals surface area (Å²) in [5.74, 6) is -0.125. The Bertz CT molecular complexity index is 220. The van der Waals surface area contributed by atoms with Crippen molar-refractivity contribution in [1.82, 2.24) is 0 Å². The van der Waals surface area contributed by atoms with E-state index < -0.39 is 0 Å². The Balaban J connectivity index is 4.11. The molecule has 0 aliphatic rings. The van der Waals surface area contributed by atoms with Crippen LogP contribution in [-0.2, 0) is 4.79 Å². The van der Waals surface area contributed by atoms with Crippen molar-refractivity contribution in [3.63, 3.8) is 0 Å². The van der Waals surface area contributed by atoms with Crippen LogP contribution in [0.3, 0.4) is 0 Å². The lowest BCUT2D eigenvalue weighted by molar-refractivity contribution is -0.112. The smallest absolute Gasteiger partial charge is 0.154 e. The van der Waals surface area contributed by atoms with E-state index in [2.05, 4.69) is 0 Å². The van der Waals surface area contributed by atoms with Gasteiger partial charge < -0.3 is 5.73 Å². The molecule has 0 fully saturated rings. The van der Waals surface area contributed by atoms with Crippen molar-refractivity contribution in [2.45, 2.75) is 6.92 Å². The van der Waals surface area contributed by atoms with Crippen molar-refractivity contribution in [2.24, 2.45) is 5.73 Å². The normalized spacial score (nSPS) is 11.4. The van der Waals surface area contributed by atoms with Gasteiger partial charge in [-0.15, -0.1) is 0 Å². The predicted octanol–water partition coefficient (Wildman–Crippen LogP) is 0.498. The second kappa shape index (κ2) is 4.33. The summed E-state index contributed by atoms with van der Waals surface area (Å²) in [5, 5.41) is 8.04. The van der Waals surface area contributed by atoms with Crippen molar-refractivity contribution < 1.29 is 4.79 Å². The zero-order valence-corrected chi connectivity index (χ0v) is 5.66. The Morgan fingerprint density at radius 1 is 1.70 bits per heavy atom. The van der Waals surface area contributed by atoms with Gasteiger partial charge in [0.05, 0.1) is 6.07 Å². The molecule has 0 saturated carbocycles. The van der Waals surface area contributed by atoms with Crippen LogP contribution < -0.4 is 5.73 Å². The van der Waals surface area contributed by atoms with Crippen LogP contribution >= 0.6 is 0 Å². The fourth-order valence-electron chi connectivity index (χ4n) is 0.416. The molecule has 0 aromatic rings. The highest BCUT2D eigenvalue weighted by molar-refractivity contribution is 5.88. The molecule has 0 unspecified atom stereocenters. The van der Waals surface area contributed by atoms with E-state index in [9.17, 15) is 4.79 Å². The van der Waals surface area contributed by atoms with Gasteiger partial charge in [0.1, 0.15) is 0 Å². The van der Waals surface area contributed by atoms with Crippen LogP contribution in [0.2, 0.25) is 0 Å². The van der Waals surface area contributed by atoms with Gasteiger partial charge in [-0.1, -0.05) is 0 Å². The highest BCUT2D eigenvalue weighted by atomic mass is 16.1. The topological polar surface area (TPSA) is 66.9 Å². The van der Waals surface area contributed by atoms with Gasteiger partial charge in [-0.05, 0) is 13.0 Å². The zero-order valence-electron chi connectivity index (χ0n) is 5.66. The van der Waals surface area contributed by atoms with E-state index in [0.29, 0.717) is 5.70 Å². The molecular weight excluding hydrogens is 128 g/mol. The number of nitrogens with zero attached hydrogens (tertiary/aromatic N) is 1. The summed E-state index contributed by atoms with van der Waals surface area (Å²) in [5.41, 5.74) is 5.56. The molecule has 3 nitrogen and oxygen atoms in total. The molecule has 0 spiro atoms. The molecule has 0 saturated heterocycles. The maximum absolute atomic E-state index is 10.3. The van der Waals surface area contributed by atoms with Crippen LogP contribution in [0.5, 0.6) is 0 Å². The number of allylic oxidation sites excluding steroid dienone is 3. The number of nitriles is 1. The van der Waals surface area contributed by atoms with Gasteiger partial charge in [0, 0.05) is 17.8 Å². The summed E-state index contributed by atoms with van der Waals surface area (Å²) in [6, 6.07) is 1.76. The maximum Gasteiger partial charge on any atom is 0.154 e. The third kappa shape index (κ3) is 4.60. The zero-order chi connectivity index (χ0) is 7.98. The Hall–Kier alpha value is -1.56. The Morgan fingerprint density at radius 2 is 2.30 bits per heavy atom. The number of nitrogens with two attached hydrogens (primary N) is 1. The largest absolute Gasteiger partial charge is 0.399 e. The SMILES string of the molecule is CC(=O)/C=C(N)\C=C\C#N. The third-order valence-electron chi connectivity index (χ3n) is 0.720. The van der Waals surface area contributed by atoms with Gasteiger partial charge in [0.25, 0.3) is 0 Å². The van der Waals surface area contributed by atoms with E-state index in [1.807, 2.05) is 0 Å². The van der Waals surface area contributed by atoms with E-state index in [4.69, 9.17) is 11.0 Å². The van der Waals surface area contributed by atoms with Gasteiger partial charge in [0.2, 0.25) is 0 Å². The second-order valence-corrected chi connectivity index (χ2v) is 1.72. The van der Waals surface area contributed by atoms with E-state index >= 15 is 0 Å². The molecule has 2 N–H and O–H groups in total. The fourth-order valence-corrected chi connectivity index (χ4v) is 0.416. The lowest BCUT2D eigenvalue weighted by atomic mass is 10.3. The number of rotatable bonds is 2. The molecule has 0 aliphatic carbocycles. The van der Waals surface area contributed by atoms with Crippen molar-refractivity contribution >= 4 is 5.78 Å². The van der Waals surface area contributed by atoms with Crippen LogP contribution in [0.4, 0.5) is 0 Å². The lowest BCUT2D eigenvalue weighted by Crippen LogP contribution is -1.96. The Kier molecular flexibility index (Phi) is 3.66. The highest BCUT2D eigenvalue weighted by Gasteiger charge is 1.85. The average molecular weight is 136 g/mol. The van der Waals surface area contributed by atoms with Crippen LogP contribution in [0.1, 0.15) is 6.92 Å². The van der Waals surface area contributed by atoms with Gasteiger partial charge in [-0.3, -0.25) is 4.79 Å². The molecule has 3 heteroatoms. The molecule has 0 aromatic heterocycles. The first kappa shape index (κ1) is 8.44. The molecule has 0 amide bonds. The van der Waals surface area contributed by atoms with Crippen molar-refractivity contribution in [2.75, 3.05) is 0 Å². The monoisotopic (exact) mass is 136 g/mol. The lowest BCUT2D eigenvalue weighted by Gasteiger charge is -1.85. The summed E-state index contributed by atoms with van der Waals surface area (Å²) < 4.78 is 0. The molecule has 10 heavy (non-hydrogen) atoms. The molecule has 0 rings (SSSR count). The molecule has 52 valence electrons. The first-order valence-electron chi connectivity index (χ1n) is 2.70. The number of carbonyl (C=O) groups is 1. The summed E-state index contributed by atoms with van der Waals surface area (Å²) in [6.07, 6.45) is 3.85. The van der Waals surface area contributed by atoms with E-state index in [-0.39, 0.29) is 5.78 Å². The van der Waals surface area contributed by atoms with Crippen molar-refractivity contribution in [3.8, 4) is 6.07 Å². The summed E-state index contributed by atoms with van der Waals surface area (Å²) >= 11 is 0. The minimum atomic E-state index is -0.125. The highest BCUT2D eigenvalue weighted by Crippen LogP contribution is 1.86. The third-order valence-corrected chi connectivity index (χ3v) is 0.720. The fraction of sp³-hybridized carbons (Fsp3) is 0.143. The van der Waals surface area contributed by atoms with E-state index in [0.717, 1.165) is 0 Å². The first-order valence-corrected chi connectivity index (χ1v) is 2.70. The summed E-state index contributed by atoms with van der Waals surface area (Å²) in [6.45, 7) is 1.40. The van der Waals surface area contributed by atoms with Gasteiger partial charge in [-0.25, -0.2) is 0 Å².